The Hall–Kier alpha value is -1.35. The maximum absolute atomic E-state index is 11.3. The minimum Gasteiger partial charge on any atom is -0.368 e. The van der Waals surface area contributed by atoms with Crippen LogP contribution in [0, 0.1) is 5.92 Å². The van der Waals surface area contributed by atoms with E-state index in [1.165, 1.54) is 36.0 Å². The first kappa shape index (κ1) is 13.1. The van der Waals surface area contributed by atoms with Crippen LogP contribution in [0.3, 0.4) is 0 Å². The quantitative estimate of drug-likeness (QED) is 0.832. The van der Waals surface area contributed by atoms with Gasteiger partial charge >= 0.3 is 0 Å². The number of primary amides is 1. The van der Waals surface area contributed by atoms with Crippen LogP contribution in [0.25, 0.3) is 0 Å². The van der Waals surface area contributed by atoms with Gasteiger partial charge in [-0.05, 0) is 41.9 Å². The van der Waals surface area contributed by atoms with Crippen molar-refractivity contribution in [1.29, 1.82) is 0 Å². The minimum atomic E-state index is -0.272. The van der Waals surface area contributed by atoms with Crippen LogP contribution in [0.15, 0.2) is 18.2 Å². The lowest BCUT2D eigenvalue weighted by atomic mass is 10.0. The Bertz CT molecular complexity index is 440. The fourth-order valence-electron chi connectivity index (χ4n) is 2.63. The van der Waals surface area contributed by atoms with Crippen LogP contribution in [-0.2, 0) is 24.2 Å². The predicted molar refractivity (Wildman–Crippen MR) is 73.1 cm³/mol. The fraction of sp³-hybridized carbons (Fsp3) is 0.533. The van der Waals surface area contributed by atoms with E-state index in [4.69, 9.17) is 5.73 Å². The third-order valence-electron chi connectivity index (χ3n) is 3.66. The van der Waals surface area contributed by atoms with Crippen molar-refractivity contribution < 1.29 is 4.79 Å². The van der Waals surface area contributed by atoms with Crippen LogP contribution in [0.1, 0.15) is 37.0 Å². The maximum atomic E-state index is 11.3. The van der Waals surface area contributed by atoms with Crippen molar-refractivity contribution in [2.24, 2.45) is 11.7 Å². The highest BCUT2D eigenvalue weighted by atomic mass is 16.1. The summed E-state index contributed by atoms with van der Waals surface area (Å²) >= 11 is 0. The third kappa shape index (κ3) is 2.91. The van der Waals surface area contributed by atoms with Crippen molar-refractivity contribution in [2.45, 2.75) is 45.7 Å². The number of amides is 1. The monoisotopic (exact) mass is 246 g/mol. The van der Waals surface area contributed by atoms with Gasteiger partial charge in [-0.15, -0.1) is 0 Å². The molecule has 0 heterocycles. The first-order valence-corrected chi connectivity index (χ1v) is 6.71. The van der Waals surface area contributed by atoms with E-state index < -0.39 is 0 Å². The number of carbonyl (C=O) groups excluding carboxylic acids is 1. The number of rotatable bonds is 5. The summed E-state index contributed by atoms with van der Waals surface area (Å²) in [4.78, 5) is 11.3. The third-order valence-corrected chi connectivity index (χ3v) is 3.66. The normalized spacial score (nSPS) is 15.7. The Morgan fingerprint density at radius 3 is 2.72 bits per heavy atom. The standard InChI is InChI=1S/C15H22N2O/c1-10(2)14(15(16)18)17-9-11-6-7-12-4-3-5-13(12)8-11/h6-8,10,14,17H,3-5,9H2,1-2H3,(H2,16,18). The molecule has 3 nitrogen and oxygen atoms in total. The van der Waals surface area contributed by atoms with E-state index in [-0.39, 0.29) is 17.9 Å². The van der Waals surface area contributed by atoms with Crippen LogP contribution in [-0.4, -0.2) is 11.9 Å². The van der Waals surface area contributed by atoms with Gasteiger partial charge in [0, 0.05) is 6.54 Å². The molecule has 1 aliphatic carbocycles. The lowest BCUT2D eigenvalue weighted by Crippen LogP contribution is -2.44. The highest BCUT2D eigenvalue weighted by Gasteiger charge is 2.18. The van der Waals surface area contributed by atoms with Crippen molar-refractivity contribution >= 4 is 5.91 Å². The molecule has 1 unspecified atom stereocenters. The number of aryl methyl sites for hydroxylation is 2. The topological polar surface area (TPSA) is 55.1 Å². The second-order valence-electron chi connectivity index (χ2n) is 5.46. The molecule has 0 bridgehead atoms. The van der Waals surface area contributed by atoms with Gasteiger partial charge in [-0.25, -0.2) is 0 Å². The van der Waals surface area contributed by atoms with E-state index in [2.05, 4.69) is 23.5 Å². The lowest BCUT2D eigenvalue weighted by molar-refractivity contribution is -0.121. The molecule has 1 atom stereocenters. The number of benzene rings is 1. The Morgan fingerprint density at radius 2 is 2.06 bits per heavy atom. The van der Waals surface area contributed by atoms with Gasteiger partial charge in [-0.2, -0.15) is 0 Å². The molecule has 0 radical (unpaired) electrons. The van der Waals surface area contributed by atoms with Gasteiger partial charge in [-0.3, -0.25) is 4.79 Å². The molecular formula is C15H22N2O. The van der Waals surface area contributed by atoms with Gasteiger partial charge < -0.3 is 11.1 Å². The van der Waals surface area contributed by atoms with Crippen molar-refractivity contribution in [2.75, 3.05) is 0 Å². The maximum Gasteiger partial charge on any atom is 0.234 e. The predicted octanol–water partition coefficient (Wildman–Crippen LogP) is 1.77. The zero-order chi connectivity index (χ0) is 13.1. The van der Waals surface area contributed by atoms with Gasteiger partial charge in [0.1, 0.15) is 0 Å². The van der Waals surface area contributed by atoms with Crippen LogP contribution in [0.2, 0.25) is 0 Å². The van der Waals surface area contributed by atoms with E-state index >= 15 is 0 Å². The number of hydrogen-bond donors (Lipinski definition) is 2. The Kier molecular flexibility index (Phi) is 4.02. The molecule has 0 aromatic heterocycles. The molecule has 0 aliphatic heterocycles. The first-order valence-electron chi connectivity index (χ1n) is 6.71. The molecule has 3 N–H and O–H groups in total. The molecule has 98 valence electrons. The zero-order valence-corrected chi connectivity index (χ0v) is 11.2. The first-order chi connectivity index (χ1) is 8.58. The number of carbonyl (C=O) groups is 1. The lowest BCUT2D eigenvalue weighted by Gasteiger charge is -2.19. The van der Waals surface area contributed by atoms with E-state index in [9.17, 15) is 4.79 Å². The number of nitrogens with two attached hydrogens (primary N) is 1. The van der Waals surface area contributed by atoms with Gasteiger partial charge in [-0.1, -0.05) is 32.0 Å². The molecule has 1 amide bonds. The van der Waals surface area contributed by atoms with Gasteiger partial charge in [0.05, 0.1) is 6.04 Å². The van der Waals surface area contributed by atoms with E-state index in [1.54, 1.807) is 0 Å². The molecule has 0 saturated carbocycles. The summed E-state index contributed by atoms with van der Waals surface area (Å²) in [6, 6.07) is 6.37. The molecule has 2 rings (SSSR count). The van der Waals surface area contributed by atoms with E-state index in [0.717, 1.165) is 0 Å². The molecule has 0 spiro atoms. The Morgan fingerprint density at radius 1 is 1.33 bits per heavy atom. The van der Waals surface area contributed by atoms with Gasteiger partial charge in [0.2, 0.25) is 5.91 Å². The molecule has 1 aromatic rings. The van der Waals surface area contributed by atoms with Crippen LogP contribution in [0.5, 0.6) is 0 Å². The van der Waals surface area contributed by atoms with Crippen LogP contribution in [0.4, 0.5) is 0 Å². The molecule has 0 saturated heterocycles. The van der Waals surface area contributed by atoms with Crippen molar-refractivity contribution in [3.63, 3.8) is 0 Å². The molecule has 0 fully saturated rings. The van der Waals surface area contributed by atoms with Crippen molar-refractivity contribution in [3.05, 3.63) is 34.9 Å². The summed E-state index contributed by atoms with van der Waals surface area (Å²) in [7, 11) is 0. The van der Waals surface area contributed by atoms with E-state index in [1.807, 2.05) is 13.8 Å². The van der Waals surface area contributed by atoms with Crippen LogP contribution < -0.4 is 11.1 Å². The van der Waals surface area contributed by atoms with E-state index in [0.29, 0.717) is 6.54 Å². The summed E-state index contributed by atoms with van der Waals surface area (Å²) in [6.45, 7) is 4.72. The summed E-state index contributed by atoms with van der Waals surface area (Å²) in [5, 5.41) is 3.25. The second kappa shape index (κ2) is 5.53. The summed E-state index contributed by atoms with van der Waals surface area (Å²) in [6.07, 6.45) is 3.66. The molecular weight excluding hydrogens is 224 g/mol. The van der Waals surface area contributed by atoms with Gasteiger partial charge in [0.25, 0.3) is 0 Å². The smallest absolute Gasteiger partial charge is 0.234 e. The minimum absolute atomic E-state index is 0.219. The van der Waals surface area contributed by atoms with Crippen molar-refractivity contribution in [3.8, 4) is 0 Å². The summed E-state index contributed by atoms with van der Waals surface area (Å²) < 4.78 is 0. The second-order valence-corrected chi connectivity index (χ2v) is 5.46. The fourth-order valence-corrected chi connectivity index (χ4v) is 2.63. The molecule has 1 aromatic carbocycles. The molecule has 3 heteroatoms. The highest BCUT2D eigenvalue weighted by molar-refractivity contribution is 5.80. The highest BCUT2D eigenvalue weighted by Crippen LogP contribution is 2.22. The number of fused-ring (bicyclic) bond motifs is 1. The average Bonchev–Trinajstić information content (AvgIpc) is 2.75. The number of hydrogen-bond acceptors (Lipinski definition) is 2. The Labute approximate surface area is 109 Å². The molecule has 18 heavy (non-hydrogen) atoms. The largest absolute Gasteiger partial charge is 0.368 e. The summed E-state index contributed by atoms with van der Waals surface area (Å²) in [5.74, 6) is -0.0527. The zero-order valence-electron chi connectivity index (χ0n) is 11.2. The van der Waals surface area contributed by atoms with Gasteiger partial charge in [0.15, 0.2) is 0 Å². The Balaban J connectivity index is 1.99. The molecule has 1 aliphatic rings. The SMILES string of the molecule is CC(C)C(NCc1ccc2c(c1)CCC2)C(N)=O. The average molecular weight is 246 g/mol. The number of nitrogens with one attached hydrogen (secondary N) is 1. The van der Waals surface area contributed by atoms with Crippen LogP contribution >= 0.6 is 0 Å². The summed E-state index contributed by atoms with van der Waals surface area (Å²) in [5.41, 5.74) is 9.58. The van der Waals surface area contributed by atoms with Crippen molar-refractivity contribution in [1.82, 2.24) is 5.32 Å².